The van der Waals surface area contributed by atoms with Gasteiger partial charge in [-0.15, -0.1) is 11.8 Å². The van der Waals surface area contributed by atoms with E-state index in [4.69, 9.17) is 4.42 Å². The third kappa shape index (κ3) is 3.87. The first-order valence-corrected chi connectivity index (χ1v) is 9.52. The van der Waals surface area contributed by atoms with E-state index in [-0.39, 0.29) is 11.8 Å². The average Bonchev–Trinajstić information content (AvgIpc) is 3.22. The lowest BCUT2D eigenvalue weighted by molar-refractivity contribution is -0.136. The number of furan rings is 1. The molecule has 0 bridgehead atoms. The van der Waals surface area contributed by atoms with Gasteiger partial charge < -0.3 is 4.42 Å². The maximum atomic E-state index is 12.9. The molecule has 1 aromatic carbocycles. The summed E-state index contributed by atoms with van der Waals surface area (Å²) in [6.07, 6.45) is 4.51. The van der Waals surface area contributed by atoms with Crippen molar-refractivity contribution in [3.05, 3.63) is 65.0 Å². The second-order valence-electron chi connectivity index (χ2n) is 5.91. The van der Waals surface area contributed by atoms with Crippen molar-refractivity contribution in [1.29, 1.82) is 0 Å². The maximum absolute atomic E-state index is 12.9. The molecular weight excluding hydrogens is 334 g/mol. The highest BCUT2D eigenvalue weighted by Gasteiger charge is 2.38. The molecular formula is C20H21NO3S. The number of nitrogens with zero attached hydrogens (tertiary/aromatic N) is 1. The first-order chi connectivity index (χ1) is 12.2. The van der Waals surface area contributed by atoms with Gasteiger partial charge in [-0.05, 0) is 24.1 Å². The molecule has 0 saturated carbocycles. The number of rotatable bonds is 8. The van der Waals surface area contributed by atoms with Crippen LogP contribution in [0.5, 0.6) is 0 Å². The number of carbonyl (C=O) groups is 2. The minimum atomic E-state index is -0.186. The van der Waals surface area contributed by atoms with Crippen LogP contribution in [0.1, 0.15) is 37.5 Å². The smallest absolute Gasteiger partial charge is 0.267 e. The third-order valence-corrected chi connectivity index (χ3v) is 5.21. The molecule has 25 heavy (non-hydrogen) atoms. The topological polar surface area (TPSA) is 50.5 Å². The molecule has 2 heterocycles. The quantitative estimate of drug-likeness (QED) is 0.517. The van der Waals surface area contributed by atoms with Crippen LogP contribution in [0, 0.1) is 0 Å². The Kier molecular flexibility index (Phi) is 5.76. The number of hydrogen-bond acceptors (Lipinski definition) is 4. The highest BCUT2D eigenvalue weighted by molar-refractivity contribution is 8.03. The second-order valence-corrected chi connectivity index (χ2v) is 6.89. The highest BCUT2D eigenvalue weighted by atomic mass is 32.2. The summed E-state index contributed by atoms with van der Waals surface area (Å²) < 4.78 is 5.35. The van der Waals surface area contributed by atoms with Crippen LogP contribution in [-0.2, 0) is 15.3 Å². The van der Waals surface area contributed by atoms with E-state index in [1.807, 2.05) is 42.5 Å². The zero-order valence-corrected chi connectivity index (χ0v) is 15.1. The van der Waals surface area contributed by atoms with E-state index in [9.17, 15) is 9.59 Å². The van der Waals surface area contributed by atoms with Crippen molar-refractivity contribution in [2.45, 2.75) is 31.9 Å². The molecule has 5 heteroatoms. The maximum Gasteiger partial charge on any atom is 0.267 e. The van der Waals surface area contributed by atoms with Crippen LogP contribution in [0.4, 0.5) is 0 Å². The van der Waals surface area contributed by atoms with Gasteiger partial charge in [0.05, 0.1) is 22.5 Å². The van der Waals surface area contributed by atoms with Crippen molar-refractivity contribution < 1.29 is 14.0 Å². The SMILES string of the molecule is CCCCCN1C(=O)C(SCc2ccco2)=C(c2ccccc2)C1=O. The molecule has 1 aliphatic rings. The van der Waals surface area contributed by atoms with Crippen LogP contribution < -0.4 is 0 Å². The fourth-order valence-electron chi connectivity index (χ4n) is 2.81. The van der Waals surface area contributed by atoms with E-state index in [1.165, 1.54) is 16.7 Å². The molecule has 0 saturated heterocycles. The molecule has 1 aliphatic heterocycles. The summed E-state index contributed by atoms with van der Waals surface area (Å²) in [5.74, 6) is 0.945. The van der Waals surface area contributed by atoms with Crippen molar-refractivity contribution >= 4 is 29.1 Å². The van der Waals surface area contributed by atoms with E-state index in [0.717, 1.165) is 30.6 Å². The first-order valence-electron chi connectivity index (χ1n) is 8.53. The summed E-state index contributed by atoms with van der Waals surface area (Å²) >= 11 is 1.37. The predicted molar refractivity (Wildman–Crippen MR) is 99.6 cm³/mol. The molecule has 0 atom stereocenters. The zero-order chi connectivity index (χ0) is 17.6. The molecule has 1 aromatic heterocycles. The van der Waals surface area contributed by atoms with Crippen molar-refractivity contribution in [2.75, 3.05) is 6.54 Å². The molecule has 0 radical (unpaired) electrons. The molecule has 0 unspecified atom stereocenters. The van der Waals surface area contributed by atoms with Gasteiger partial charge in [-0.1, -0.05) is 50.1 Å². The molecule has 0 aliphatic carbocycles. The largest absolute Gasteiger partial charge is 0.468 e. The summed E-state index contributed by atoms with van der Waals surface area (Å²) in [6, 6.07) is 13.1. The van der Waals surface area contributed by atoms with Gasteiger partial charge in [0.25, 0.3) is 11.8 Å². The van der Waals surface area contributed by atoms with E-state index in [2.05, 4.69) is 6.92 Å². The van der Waals surface area contributed by atoms with E-state index < -0.39 is 0 Å². The second kappa shape index (κ2) is 8.21. The first kappa shape index (κ1) is 17.5. The monoisotopic (exact) mass is 355 g/mol. The Hall–Kier alpha value is -2.27. The van der Waals surface area contributed by atoms with Crippen LogP contribution in [0.2, 0.25) is 0 Å². The van der Waals surface area contributed by atoms with Gasteiger partial charge in [-0.3, -0.25) is 14.5 Å². The van der Waals surface area contributed by atoms with Gasteiger partial charge in [0, 0.05) is 6.54 Å². The molecule has 3 rings (SSSR count). The molecule has 130 valence electrons. The van der Waals surface area contributed by atoms with Crippen molar-refractivity contribution in [3.63, 3.8) is 0 Å². The summed E-state index contributed by atoms with van der Waals surface area (Å²) in [7, 11) is 0. The Morgan fingerprint density at radius 2 is 1.80 bits per heavy atom. The lowest BCUT2D eigenvalue weighted by atomic mass is 10.1. The zero-order valence-electron chi connectivity index (χ0n) is 14.2. The van der Waals surface area contributed by atoms with Crippen molar-refractivity contribution in [2.24, 2.45) is 0 Å². The van der Waals surface area contributed by atoms with E-state index in [0.29, 0.717) is 22.8 Å². The molecule has 0 spiro atoms. The summed E-state index contributed by atoms with van der Waals surface area (Å²) in [5.41, 5.74) is 1.31. The Morgan fingerprint density at radius 1 is 1.00 bits per heavy atom. The molecule has 4 nitrogen and oxygen atoms in total. The number of unbranched alkanes of at least 4 members (excludes halogenated alkanes) is 2. The minimum Gasteiger partial charge on any atom is -0.468 e. The molecule has 2 amide bonds. The van der Waals surface area contributed by atoms with Gasteiger partial charge >= 0.3 is 0 Å². The standard InChI is InChI=1S/C20H21NO3S/c1-2-3-7-12-21-19(22)17(15-9-5-4-6-10-15)18(20(21)23)25-14-16-11-8-13-24-16/h4-6,8-11,13H,2-3,7,12,14H2,1H3. The number of benzene rings is 1. The van der Waals surface area contributed by atoms with Crippen molar-refractivity contribution in [1.82, 2.24) is 4.90 Å². The number of amides is 2. The van der Waals surface area contributed by atoms with E-state index >= 15 is 0 Å². The molecule has 2 aromatic rings. The molecule has 0 N–H and O–H groups in total. The number of carbonyl (C=O) groups excluding carboxylic acids is 2. The van der Waals surface area contributed by atoms with Gasteiger partial charge in [-0.2, -0.15) is 0 Å². The average molecular weight is 355 g/mol. The Balaban J connectivity index is 1.87. The third-order valence-electron chi connectivity index (χ3n) is 4.11. The Bertz CT molecular complexity index is 766. The number of thioether (sulfide) groups is 1. The fourth-order valence-corrected chi connectivity index (χ4v) is 3.84. The summed E-state index contributed by atoms with van der Waals surface area (Å²) in [6.45, 7) is 2.58. The lowest BCUT2D eigenvalue weighted by Gasteiger charge is -2.14. The summed E-state index contributed by atoms with van der Waals surface area (Å²) in [5, 5.41) is 0. The lowest BCUT2D eigenvalue weighted by Crippen LogP contribution is -2.32. The van der Waals surface area contributed by atoms with Gasteiger partial charge in [-0.25, -0.2) is 0 Å². The van der Waals surface area contributed by atoms with Gasteiger partial charge in [0.1, 0.15) is 5.76 Å². The van der Waals surface area contributed by atoms with Gasteiger partial charge in [0.15, 0.2) is 0 Å². The normalized spacial score (nSPS) is 14.7. The van der Waals surface area contributed by atoms with E-state index in [1.54, 1.807) is 6.26 Å². The minimum absolute atomic E-state index is 0.184. The van der Waals surface area contributed by atoms with Crippen LogP contribution in [0.15, 0.2) is 58.1 Å². The van der Waals surface area contributed by atoms with Crippen LogP contribution in [0.3, 0.4) is 0 Å². The van der Waals surface area contributed by atoms with Gasteiger partial charge in [0.2, 0.25) is 0 Å². The number of imide groups is 1. The highest BCUT2D eigenvalue weighted by Crippen LogP contribution is 2.37. The summed E-state index contributed by atoms with van der Waals surface area (Å²) in [4.78, 5) is 27.7. The van der Waals surface area contributed by atoms with Crippen LogP contribution in [-0.4, -0.2) is 23.3 Å². The van der Waals surface area contributed by atoms with Crippen LogP contribution in [0.25, 0.3) is 5.57 Å². The van der Waals surface area contributed by atoms with Crippen molar-refractivity contribution in [3.8, 4) is 0 Å². The van der Waals surface area contributed by atoms with Crippen LogP contribution >= 0.6 is 11.8 Å². The molecule has 0 fully saturated rings. The Labute approximate surface area is 151 Å². The predicted octanol–water partition coefficient (Wildman–Crippen LogP) is 4.48. The Morgan fingerprint density at radius 3 is 2.48 bits per heavy atom. The number of hydrogen-bond donors (Lipinski definition) is 0. The fraction of sp³-hybridized carbons (Fsp3) is 0.300.